The molecule has 2 N–H and O–H groups in total. The second-order valence-corrected chi connectivity index (χ2v) is 47.9. The number of fused-ring (bicyclic) bond motifs is 1. The number of carbonyl (C=O) groups excluding carboxylic acids is 1. The Bertz CT molecular complexity index is 3370. The molecule has 73 heavy (non-hydrogen) atoms. The number of hydrogen-bond acceptors (Lipinski definition) is 12. The summed E-state index contributed by atoms with van der Waals surface area (Å²) >= 11 is 9.46. The molecule has 2 unspecified atom stereocenters. The van der Waals surface area contributed by atoms with E-state index in [1.807, 2.05) is 44.2 Å². The van der Waals surface area contributed by atoms with Crippen LogP contribution >= 0.6 is 8.25 Å². The van der Waals surface area contributed by atoms with Gasteiger partial charge in [0.05, 0.1) is 20.0 Å². The van der Waals surface area contributed by atoms with Crippen LogP contribution in [-0.4, -0.2) is 65.8 Å². The summed E-state index contributed by atoms with van der Waals surface area (Å²) in [6.45, 7) is 18.1. The zero-order chi connectivity index (χ0) is 53.2. The summed E-state index contributed by atoms with van der Waals surface area (Å²) in [5, 5.41) is 2.43. The Morgan fingerprint density at radius 3 is 1.77 bits per heavy atom. The van der Waals surface area contributed by atoms with Gasteiger partial charge in [0.25, 0.3) is 5.56 Å². The van der Waals surface area contributed by atoms with Crippen molar-refractivity contribution in [3.05, 3.63) is 123 Å². The maximum absolute atomic E-state index is 13.3. The van der Waals surface area contributed by atoms with Crippen LogP contribution in [0, 0.1) is 19.8 Å². The average molecular weight is 1330 g/mol. The highest BCUT2D eigenvalue weighted by Crippen LogP contribution is 2.47. The van der Waals surface area contributed by atoms with Gasteiger partial charge in [0.2, 0.25) is 11.9 Å². The van der Waals surface area contributed by atoms with Crippen molar-refractivity contribution in [2.24, 2.45) is 5.92 Å². The van der Waals surface area contributed by atoms with Crippen molar-refractivity contribution >= 4 is 186 Å². The predicted molar refractivity (Wildman–Crippen MR) is 340 cm³/mol. The van der Waals surface area contributed by atoms with Gasteiger partial charge in [-0.15, -0.1) is 9.05 Å². The van der Waals surface area contributed by atoms with Gasteiger partial charge in [0, 0.05) is 157 Å². The SMILES string of the molecule is CO[P+](=O)OC1[C@@H](COC(c2ccccc2)(c2ccc(C)cc2)c2ccc(C)cc2)O[C@@H](n2cnc3c(=O)[nH]c(NC(=O)C(C)C)nc32)[C@H]1O[Si](C)(C)C(C)(C)C.S=S=S=S=S=S=S=S=S=S=S=S=S=S=S=S. The van der Waals surface area contributed by atoms with E-state index in [-0.39, 0.29) is 40.6 Å². The van der Waals surface area contributed by atoms with E-state index in [4.69, 9.17) is 45.3 Å². The van der Waals surface area contributed by atoms with E-state index in [9.17, 15) is 14.2 Å². The lowest BCUT2D eigenvalue weighted by Crippen LogP contribution is -2.49. The first-order chi connectivity index (χ1) is 34.9. The number of H-pyrrole nitrogens is 1. The smallest absolute Gasteiger partial charge is 0.406 e. The molecule has 398 valence electrons. The van der Waals surface area contributed by atoms with Gasteiger partial charge >= 0.3 is 8.25 Å². The Kier molecular flexibility index (Phi) is 26.8. The van der Waals surface area contributed by atoms with Crippen molar-refractivity contribution in [2.75, 3.05) is 19.0 Å². The quantitative estimate of drug-likeness (QED) is 0.0625. The average Bonchev–Trinajstić information content (AvgIpc) is 3.93. The van der Waals surface area contributed by atoms with Gasteiger partial charge in [-0.1, -0.05) is 125 Å². The lowest BCUT2D eigenvalue weighted by molar-refractivity contribution is -0.118. The second-order valence-electron chi connectivity index (χ2n) is 17.3. The number of anilines is 1. The Labute approximate surface area is 477 Å². The van der Waals surface area contributed by atoms with Crippen molar-refractivity contribution in [1.29, 1.82) is 0 Å². The van der Waals surface area contributed by atoms with Crippen LogP contribution in [-0.2, 0) is 185 Å². The zero-order valence-electron chi connectivity index (χ0n) is 40.8. The number of rotatable bonds is 14. The highest BCUT2D eigenvalue weighted by molar-refractivity contribution is 8.77. The minimum atomic E-state index is -2.62. The van der Waals surface area contributed by atoms with Crippen LogP contribution in [0.15, 0.2) is 90.0 Å². The number of amides is 1. The number of hydrogen-bond donors (Lipinski definition) is 2. The maximum atomic E-state index is 13.3. The number of aromatic amines is 1. The van der Waals surface area contributed by atoms with Crippen molar-refractivity contribution in [1.82, 2.24) is 19.5 Å². The molecule has 31 heteroatoms. The van der Waals surface area contributed by atoms with E-state index in [1.54, 1.807) is 125 Å². The molecule has 1 amide bonds. The summed E-state index contributed by atoms with van der Waals surface area (Å²) < 4.78 is 47.6. The molecule has 0 aliphatic carbocycles. The van der Waals surface area contributed by atoms with Crippen LogP contribution in [0.1, 0.15) is 68.7 Å². The molecular formula is C42H53N5O8PS16Si+. The van der Waals surface area contributed by atoms with Gasteiger partial charge in [-0.3, -0.25) is 24.5 Å². The molecule has 5 aromatic rings. The van der Waals surface area contributed by atoms with Crippen LogP contribution < -0.4 is 10.9 Å². The highest BCUT2D eigenvalue weighted by atomic mass is 33.5. The normalized spacial score (nSPS) is 16.7. The van der Waals surface area contributed by atoms with Crippen molar-refractivity contribution < 1.29 is 32.3 Å². The van der Waals surface area contributed by atoms with Crippen LogP contribution in [0.5, 0.6) is 0 Å². The number of nitrogens with zero attached hydrogens (tertiary/aromatic N) is 3. The number of carbonyl (C=O) groups is 1. The van der Waals surface area contributed by atoms with Crippen molar-refractivity contribution in [2.45, 2.75) is 96.7 Å². The summed E-state index contributed by atoms with van der Waals surface area (Å²) in [5.74, 6) is -0.717. The largest absolute Gasteiger partial charge is 0.697 e. The third-order valence-electron chi connectivity index (χ3n) is 11.3. The molecule has 0 saturated carbocycles. The van der Waals surface area contributed by atoms with E-state index in [0.29, 0.717) is 0 Å². The molecule has 0 radical (unpaired) electrons. The van der Waals surface area contributed by atoms with E-state index < -0.39 is 52.3 Å². The molecule has 0 bridgehead atoms. The second kappa shape index (κ2) is 31.0. The number of ether oxygens (including phenoxy) is 2. The molecule has 3 aromatic carbocycles. The van der Waals surface area contributed by atoms with Crippen molar-refractivity contribution in [3.8, 4) is 0 Å². The minimum absolute atomic E-state index is 0.0354. The monoisotopic (exact) mass is 1330 g/mol. The lowest BCUT2D eigenvalue weighted by Gasteiger charge is -2.40. The van der Waals surface area contributed by atoms with E-state index in [0.717, 1.165) is 27.8 Å². The molecule has 1 fully saturated rings. The van der Waals surface area contributed by atoms with E-state index >= 15 is 0 Å². The molecule has 0 spiro atoms. The van der Waals surface area contributed by atoms with Crippen LogP contribution in [0.2, 0.25) is 18.1 Å². The molecule has 13 nitrogen and oxygen atoms in total. The van der Waals surface area contributed by atoms with Crippen LogP contribution in [0.25, 0.3) is 11.2 Å². The molecule has 6 rings (SSSR count). The Hall–Kier alpha value is -0.883. The molecule has 1 saturated heterocycles. The summed E-state index contributed by atoms with van der Waals surface area (Å²) in [6, 6.07) is 26.5. The Morgan fingerprint density at radius 1 is 0.808 bits per heavy atom. The first kappa shape index (κ1) is 63.0. The Morgan fingerprint density at radius 2 is 1.30 bits per heavy atom. The van der Waals surface area contributed by atoms with Gasteiger partial charge in [0.1, 0.15) is 17.8 Å². The van der Waals surface area contributed by atoms with Gasteiger partial charge in [-0.2, -0.15) is 4.98 Å². The van der Waals surface area contributed by atoms with Crippen LogP contribution in [0.4, 0.5) is 5.95 Å². The third kappa shape index (κ3) is 18.1. The number of aromatic nitrogens is 4. The van der Waals surface area contributed by atoms with Gasteiger partial charge in [-0.05, 0) is 48.7 Å². The fourth-order valence-electron chi connectivity index (χ4n) is 6.75. The number of nitrogens with one attached hydrogen (secondary N) is 2. The van der Waals surface area contributed by atoms with Gasteiger partial charge < -0.3 is 13.9 Å². The van der Waals surface area contributed by atoms with E-state index in [1.165, 1.54) is 31.2 Å². The number of imidazole rings is 1. The third-order valence-corrected chi connectivity index (χ3v) is 45.3. The summed E-state index contributed by atoms with van der Waals surface area (Å²) in [5.41, 5.74) is 3.41. The number of benzene rings is 3. The molecular weight excluding hydrogens is 1270 g/mol. The summed E-state index contributed by atoms with van der Waals surface area (Å²) in [6.07, 6.45) is -2.31. The zero-order valence-corrected chi connectivity index (χ0v) is 55.7. The number of aryl methyl sites for hydroxylation is 2. The Balaban J connectivity index is 0.000000531. The molecule has 2 aromatic heterocycles. The van der Waals surface area contributed by atoms with Gasteiger partial charge in [0.15, 0.2) is 31.8 Å². The highest BCUT2D eigenvalue weighted by Gasteiger charge is 2.56. The lowest BCUT2D eigenvalue weighted by atomic mass is 9.79. The topological polar surface area (TPSA) is 156 Å². The fraction of sp³-hybridized carbons (Fsp3) is 0.429. The standard InChI is InChI=1S/C42H52N5O8PSi.S16/c1-26(2)37(48)45-40-44-36-33(38(49)46-40)43-25-47(36)39-35(55-57(9,10)41(5,6)7)34(54-56(50)51-8)32(53-39)24-52-42(29-14-12-11-13-15-29,30-20-16-27(3)17-21-30)31-22-18-28(4)19-23-31;1-3-5-7-9-11-13-15-16-14-12-10-8-6-4-2/h11-23,25-26,32,34-35,39H,24H2,1-10H3,(H-,44,45,46,48,49);/p+1/t32-,34?,35+,39-;/m1./s1. The first-order valence-corrected chi connectivity index (χ1v) is 45.6. The molecule has 1 aliphatic heterocycles. The first-order valence-electron chi connectivity index (χ1n) is 21.6. The summed E-state index contributed by atoms with van der Waals surface area (Å²) in [7, 11) is 19.6. The predicted octanol–water partition coefficient (Wildman–Crippen LogP) is 8.28. The molecule has 5 atom stereocenters. The fourth-order valence-corrected chi connectivity index (χ4v) is 41.5. The molecule has 3 heterocycles. The molecule has 1 aliphatic rings. The van der Waals surface area contributed by atoms with Crippen LogP contribution in [0.3, 0.4) is 0 Å². The van der Waals surface area contributed by atoms with E-state index in [2.05, 4.69) is 103 Å². The van der Waals surface area contributed by atoms with Gasteiger partial charge in [-0.25, -0.2) is 4.98 Å². The summed E-state index contributed by atoms with van der Waals surface area (Å²) in [4.78, 5) is 37.6. The maximum Gasteiger partial charge on any atom is 0.697 e. The van der Waals surface area contributed by atoms with Crippen molar-refractivity contribution in [3.63, 3.8) is 0 Å². The minimum Gasteiger partial charge on any atom is -0.406 e.